The van der Waals surface area contributed by atoms with Crippen LogP contribution in [-0.2, 0) is 14.6 Å². The summed E-state index contributed by atoms with van der Waals surface area (Å²) in [6, 6.07) is 7.75. The molecule has 2 heterocycles. The molecular weight excluding hydrogens is 330 g/mol. The van der Waals surface area contributed by atoms with Crippen molar-refractivity contribution in [3.63, 3.8) is 0 Å². The first-order valence-corrected chi connectivity index (χ1v) is 9.41. The van der Waals surface area contributed by atoms with Crippen molar-refractivity contribution in [1.82, 2.24) is 0 Å². The van der Waals surface area contributed by atoms with Gasteiger partial charge in [0.25, 0.3) is 5.91 Å². The average molecular weight is 349 g/mol. The quantitative estimate of drug-likeness (QED) is 0.897. The van der Waals surface area contributed by atoms with E-state index >= 15 is 0 Å². The molecule has 0 aliphatic carbocycles. The Morgan fingerprint density at radius 2 is 2.00 bits per heavy atom. The first-order chi connectivity index (χ1) is 11.5. The summed E-state index contributed by atoms with van der Waals surface area (Å²) in [6.45, 7) is 2.33. The number of furan rings is 1. The number of hydrogen-bond acceptors (Lipinski definition) is 5. The number of aryl methyl sites for hydroxylation is 1. The number of benzene rings is 1. The van der Waals surface area contributed by atoms with Gasteiger partial charge in [-0.3, -0.25) is 4.79 Å². The fraction of sp³-hybridized carbons (Fsp3) is 0.353. The molecule has 6 nitrogen and oxygen atoms in total. The molecule has 1 aliphatic heterocycles. The number of rotatable bonds is 5. The maximum absolute atomic E-state index is 12.4. The van der Waals surface area contributed by atoms with E-state index in [0.29, 0.717) is 23.6 Å². The summed E-state index contributed by atoms with van der Waals surface area (Å²) in [7, 11) is -3.39. The number of ether oxygens (including phenoxy) is 1. The normalized spacial score (nSPS) is 17.8. The third-order valence-electron chi connectivity index (χ3n) is 4.00. The van der Waals surface area contributed by atoms with Crippen molar-refractivity contribution in [1.29, 1.82) is 0 Å². The van der Waals surface area contributed by atoms with Crippen LogP contribution in [0.4, 0.5) is 5.69 Å². The Kier molecular flexibility index (Phi) is 4.73. The minimum Gasteiger partial charge on any atom is -0.469 e. The molecule has 1 aromatic heterocycles. The lowest BCUT2D eigenvalue weighted by Crippen LogP contribution is -2.20. The third-order valence-corrected chi connectivity index (χ3v) is 5.81. The second kappa shape index (κ2) is 6.78. The summed E-state index contributed by atoms with van der Waals surface area (Å²) in [4.78, 5) is 12.3. The maximum Gasteiger partial charge on any atom is 0.259 e. The lowest BCUT2D eigenvalue weighted by Gasteiger charge is -2.11. The van der Waals surface area contributed by atoms with Crippen molar-refractivity contribution in [2.45, 2.75) is 30.8 Å². The van der Waals surface area contributed by atoms with Gasteiger partial charge in [-0.25, -0.2) is 8.42 Å². The van der Waals surface area contributed by atoms with E-state index in [2.05, 4.69) is 5.32 Å². The Balaban J connectivity index is 1.68. The Morgan fingerprint density at radius 1 is 1.25 bits per heavy atom. The zero-order valence-corrected chi connectivity index (χ0v) is 14.1. The third kappa shape index (κ3) is 3.68. The second-order valence-corrected chi connectivity index (χ2v) is 7.82. The lowest BCUT2D eigenvalue weighted by molar-refractivity contribution is 0.102. The molecule has 0 saturated carbocycles. The van der Waals surface area contributed by atoms with Crippen LogP contribution in [-0.4, -0.2) is 32.8 Å². The molecular formula is C17H19NO5S. The largest absolute Gasteiger partial charge is 0.469 e. The van der Waals surface area contributed by atoms with Gasteiger partial charge < -0.3 is 14.5 Å². The average Bonchev–Trinajstić information content (AvgIpc) is 3.19. The molecule has 1 saturated heterocycles. The molecule has 2 aromatic rings. The van der Waals surface area contributed by atoms with Gasteiger partial charge in [0, 0.05) is 12.3 Å². The van der Waals surface area contributed by atoms with Crippen molar-refractivity contribution >= 4 is 21.4 Å². The smallest absolute Gasteiger partial charge is 0.259 e. The molecule has 3 rings (SSSR count). The predicted octanol–water partition coefficient (Wildman–Crippen LogP) is 2.79. The molecule has 0 spiro atoms. The van der Waals surface area contributed by atoms with Crippen LogP contribution in [0, 0.1) is 6.92 Å². The zero-order chi connectivity index (χ0) is 17.2. The molecule has 7 heteroatoms. The predicted molar refractivity (Wildman–Crippen MR) is 88.9 cm³/mol. The maximum atomic E-state index is 12.4. The summed E-state index contributed by atoms with van der Waals surface area (Å²) in [6.07, 6.45) is 2.90. The topological polar surface area (TPSA) is 85.6 Å². The number of hydrogen-bond donors (Lipinski definition) is 1. The molecule has 128 valence electrons. The van der Waals surface area contributed by atoms with Crippen LogP contribution in [0.15, 0.2) is 45.9 Å². The molecule has 0 bridgehead atoms. The molecule has 1 unspecified atom stereocenters. The van der Waals surface area contributed by atoms with E-state index in [4.69, 9.17) is 9.15 Å². The molecule has 1 aromatic carbocycles. The fourth-order valence-electron chi connectivity index (χ4n) is 2.68. The summed E-state index contributed by atoms with van der Waals surface area (Å²) < 4.78 is 35.2. The van der Waals surface area contributed by atoms with Crippen LogP contribution in [0.25, 0.3) is 0 Å². The van der Waals surface area contributed by atoms with Crippen LogP contribution in [0.3, 0.4) is 0 Å². The van der Waals surface area contributed by atoms with E-state index < -0.39 is 9.84 Å². The highest BCUT2D eigenvalue weighted by atomic mass is 32.2. The minimum atomic E-state index is -3.39. The Hall–Kier alpha value is -2.12. The Bertz CT molecular complexity index is 817. The standard InChI is InChI=1S/C17H19NO5S/c1-12-16(8-10-22-12)17(19)18-13-4-6-15(7-5-13)24(20,21)11-14-3-2-9-23-14/h4-8,10,14H,2-3,9,11H2,1H3,(H,18,19). The molecule has 24 heavy (non-hydrogen) atoms. The van der Waals surface area contributed by atoms with Crippen LogP contribution in [0.2, 0.25) is 0 Å². The van der Waals surface area contributed by atoms with E-state index in [1.165, 1.54) is 18.4 Å². The summed E-state index contributed by atoms with van der Waals surface area (Å²) >= 11 is 0. The summed E-state index contributed by atoms with van der Waals surface area (Å²) in [5.41, 5.74) is 0.974. The number of nitrogens with one attached hydrogen (secondary N) is 1. The number of sulfone groups is 1. The highest BCUT2D eigenvalue weighted by Crippen LogP contribution is 2.21. The first kappa shape index (κ1) is 16.7. The highest BCUT2D eigenvalue weighted by Gasteiger charge is 2.24. The van der Waals surface area contributed by atoms with Gasteiger partial charge in [0.05, 0.1) is 28.6 Å². The molecule has 0 radical (unpaired) electrons. The number of carbonyl (C=O) groups excluding carboxylic acids is 1. The Morgan fingerprint density at radius 3 is 2.58 bits per heavy atom. The van der Waals surface area contributed by atoms with Crippen molar-refractivity contribution in [2.24, 2.45) is 0 Å². The van der Waals surface area contributed by atoms with Gasteiger partial charge in [0.2, 0.25) is 0 Å². The van der Waals surface area contributed by atoms with Gasteiger partial charge in [-0.05, 0) is 50.1 Å². The van der Waals surface area contributed by atoms with Gasteiger partial charge in [-0.15, -0.1) is 0 Å². The van der Waals surface area contributed by atoms with Crippen LogP contribution < -0.4 is 5.32 Å². The van der Waals surface area contributed by atoms with Crippen molar-refractivity contribution < 1.29 is 22.4 Å². The van der Waals surface area contributed by atoms with Crippen LogP contribution in [0.1, 0.15) is 29.0 Å². The zero-order valence-electron chi connectivity index (χ0n) is 13.3. The van der Waals surface area contributed by atoms with E-state index in [-0.39, 0.29) is 22.7 Å². The molecule has 1 atom stereocenters. The monoisotopic (exact) mass is 349 g/mol. The number of amides is 1. The highest BCUT2D eigenvalue weighted by molar-refractivity contribution is 7.91. The second-order valence-electron chi connectivity index (χ2n) is 5.79. The van der Waals surface area contributed by atoms with Gasteiger partial charge in [0.15, 0.2) is 9.84 Å². The van der Waals surface area contributed by atoms with E-state index in [1.54, 1.807) is 25.1 Å². The van der Waals surface area contributed by atoms with Crippen molar-refractivity contribution in [2.75, 3.05) is 17.7 Å². The first-order valence-electron chi connectivity index (χ1n) is 7.75. The summed E-state index contributed by atoms with van der Waals surface area (Å²) in [5.74, 6) is 0.229. The fourth-order valence-corrected chi connectivity index (χ4v) is 4.18. The number of carbonyl (C=O) groups is 1. The molecule has 1 amide bonds. The van der Waals surface area contributed by atoms with E-state index in [9.17, 15) is 13.2 Å². The van der Waals surface area contributed by atoms with Gasteiger partial charge in [-0.2, -0.15) is 0 Å². The van der Waals surface area contributed by atoms with Gasteiger partial charge >= 0.3 is 0 Å². The SMILES string of the molecule is Cc1occc1C(=O)Nc1ccc(S(=O)(=O)CC2CCCO2)cc1. The Labute approximate surface area is 140 Å². The van der Waals surface area contributed by atoms with Crippen molar-refractivity contribution in [3.8, 4) is 0 Å². The molecule has 1 N–H and O–H groups in total. The number of anilines is 1. The van der Waals surface area contributed by atoms with Gasteiger partial charge in [-0.1, -0.05) is 0 Å². The minimum absolute atomic E-state index is 0.00702. The lowest BCUT2D eigenvalue weighted by atomic mass is 10.2. The van der Waals surface area contributed by atoms with Crippen LogP contribution in [0.5, 0.6) is 0 Å². The molecule has 1 fully saturated rings. The van der Waals surface area contributed by atoms with E-state index in [0.717, 1.165) is 12.8 Å². The van der Waals surface area contributed by atoms with Gasteiger partial charge in [0.1, 0.15) is 5.76 Å². The molecule has 1 aliphatic rings. The van der Waals surface area contributed by atoms with Crippen LogP contribution >= 0.6 is 0 Å². The van der Waals surface area contributed by atoms with Crippen molar-refractivity contribution in [3.05, 3.63) is 47.9 Å². The summed E-state index contributed by atoms with van der Waals surface area (Å²) in [5, 5.41) is 2.72. The van der Waals surface area contributed by atoms with E-state index in [1.807, 2.05) is 0 Å².